The van der Waals surface area contributed by atoms with E-state index < -0.39 is 10.7 Å². The van der Waals surface area contributed by atoms with Crippen LogP contribution in [0.25, 0.3) is 0 Å². The Bertz CT molecular complexity index is 786. The zero-order valence-corrected chi connectivity index (χ0v) is 21.8. The molecule has 10 heteroatoms. The molecule has 0 bridgehead atoms. The van der Waals surface area contributed by atoms with Crippen molar-refractivity contribution in [1.82, 2.24) is 25.2 Å². The monoisotopic (exact) mass is 494 g/mol. The van der Waals surface area contributed by atoms with Gasteiger partial charge in [0.05, 0.1) is 12.0 Å². The van der Waals surface area contributed by atoms with Crippen LogP contribution in [0, 0.1) is 11.3 Å². The summed E-state index contributed by atoms with van der Waals surface area (Å²) in [5, 5.41) is 21.7. The van der Waals surface area contributed by atoms with Gasteiger partial charge in [0.2, 0.25) is 5.91 Å². The Morgan fingerprint density at radius 3 is 2.53 bits per heavy atom. The fourth-order valence-electron chi connectivity index (χ4n) is 3.47. The number of carbonyl (C=O) groups excluding carboxylic acids is 2. The minimum atomic E-state index is -0.604. The van der Waals surface area contributed by atoms with E-state index >= 15 is 0 Å². The molecule has 1 aliphatic carbocycles. The summed E-state index contributed by atoms with van der Waals surface area (Å²) in [6, 6.07) is 0. The molecule has 192 valence electrons. The Labute approximate surface area is 206 Å². The van der Waals surface area contributed by atoms with E-state index in [0.717, 1.165) is 31.9 Å². The zero-order valence-electron chi connectivity index (χ0n) is 21.0. The SMILES string of the molecule is C=S1NC(=O)CC(C=N)C1NC1=CCC=C(C(=O)N2CCN(C)CC2)C=C1.CC.CNCCO. The summed E-state index contributed by atoms with van der Waals surface area (Å²) in [6.07, 6.45) is 10.0. The third-order valence-electron chi connectivity index (χ3n) is 5.40. The molecular formula is C24H42N6O3S. The van der Waals surface area contributed by atoms with E-state index in [1.165, 1.54) is 6.21 Å². The zero-order chi connectivity index (χ0) is 25.5. The molecule has 0 saturated carbocycles. The summed E-state index contributed by atoms with van der Waals surface area (Å²) in [7, 11) is 3.27. The number of aliphatic hydroxyl groups excluding tert-OH is 1. The molecule has 3 atom stereocenters. The van der Waals surface area contributed by atoms with Crippen molar-refractivity contribution in [2.24, 2.45) is 5.92 Å². The van der Waals surface area contributed by atoms with Crippen LogP contribution in [0.15, 0.2) is 35.6 Å². The molecule has 0 aromatic heterocycles. The van der Waals surface area contributed by atoms with Gasteiger partial charge < -0.3 is 35.7 Å². The fraction of sp³-hybridized carbons (Fsp3) is 0.583. The molecule has 2 aliphatic heterocycles. The van der Waals surface area contributed by atoms with Gasteiger partial charge in [0, 0.05) is 62.5 Å². The molecule has 0 spiro atoms. The molecule has 2 fully saturated rings. The number of nitrogens with one attached hydrogen (secondary N) is 4. The Morgan fingerprint density at radius 2 is 1.97 bits per heavy atom. The van der Waals surface area contributed by atoms with E-state index in [2.05, 4.69) is 33.2 Å². The standard InChI is InChI=1S/C19H27N5O2S.C3H9NO.C2H6/c1-23-8-10-24(11-9-23)19(26)14-4-3-5-16(7-6-14)21-18-15(13-20)12-17(25)22-27(18)2;1-4-2-3-5;1-2/h4-7,13,15,18,20-21H,2-3,8-12H2,1H3,(H,22,25);4-5H,2-3H2,1H3;1-2H3. The van der Waals surface area contributed by atoms with Gasteiger partial charge >= 0.3 is 0 Å². The molecule has 3 rings (SSSR count). The molecule has 2 heterocycles. The predicted molar refractivity (Wildman–Crippen MR) is 143 cm³/mol. The lowest BCUT2D eigenvalue weighted by molar-refractivity contribution is -0.128. The van der Waals surface area contributed by atoms with Gasteiger partial charge in [-0.1, -0.05) is 42.5 Å². The number of allylic oxidation sites excluding steroid dienone is 3. The molecule has 0 aromatic carbocycles. The van der Waals surface area contributed by atoms with E-state index in [4.69, 9.17) is 10.5 Å². The first-order chi connectivity index (χ1) is 16.4. The number of piperazine rings is 1. The third-order valence-corrected chi connectivity index (χ3v) is 6.97. The summed E-state index contributed by atoms with van der Waals surface area (Å²) in [6.45, 7) is 8.24. The topological polar surface area (TPSA) is 121 Å². The fourth-order valence-corrected chi connectivity index (χ4v) is 4.85. The van der Waals surface area contributed by atoms with Crippen LogP contribution >= 0.6 is 10.7 Å². The van der Waals surface area contributed by atoms with Crippen molar-refractivity contribution in [3.8, 4) is 0 Å². The van der Waals surface area contributed by atoms with Crippen LogP contribution < -0.4 is 15.4 Å². The number of amides is 2. The number of hydrogen-bond donors (Lipinski definition) is 5. The summed E-state index contributed by atoms with van der Waals surface area (Å²) in [5.74, 6) is 3.86. The summed E-state index contributed by atoms with van der Waals surface area (Å²) < 4.78 is 2.86. The van der Waals surface area contributed by atoms with E-state index in [9.17, 15) is 9.59 Å². The second-order valence-electron chi connectivity index (χ2n) is 7.86. The van der Waals surface area contributed by atoms with Crippen LogP contribution in [0.4, 0.5) is 0 Å². The number of hydrogen-bond acceptors (Lipinski definition) is 7. The maximum Gasteiger partial charge on any atom is 0.253 e. The lowest BCUT2D eigenvalue weighted by Crippen LogP contribution is -2.47. The molecule has 2 amide bonds. The van der Waals surface area contributed by atoms with Crippen molar-refractivity contribution in [3.63, 3.8) is 0 Å². The molecule has 34 heavy (non-hydrogen) atoms. The van der Waals surface area contributed by atoms with Crippen LogP contribution in [0.3, 0.4) is 0 Å². The lowest BCUT2D eigenvalue weighted by Gasteiger charge is -2.33. The Balaban J connectivity index is 0.000000733. The smallest absolute Gasteiger partial charge is 0.253 e. The van der Waals surface area contributed by atoms with Gasteiger partial charge in [-0.3, -0.25) is 9.59 Å². The maximum atomic E-state index is 12.8. The van der Waals surface area contributed by atoms with Gasteiger partial charge in [-0.15, -0.1) is 0 Å². The molecule has 0 aromatic rings. The first-order valence-electron chi connectivity index (χ1n) is 11.8. The Morgan fingerprint density at radius 1 is 1.29 bits per heavy atom. The molecule has 5 N–H and O–H groups in total. The average molecular weight is 495 g/mol. The van der Waals surface area contributed by atoms with Crippen molar-refractivity contribution >= 4 is 34.6 Å². The van der Waals surface area contributed by atoms with E-state index in [0.29, 0.717) is 25.0 Å². The van der Waals surface area contributed by atoms with Crippen molar-refractivity contribution in [2.45, 2.75) is 32.1 Å². The maximum absolute atomic E-state index is 12.8. The lowest BCUT2D eigenvalue weighted by atomic mass is 10.1. The van der Waals surface area contributed by atoms with Crippen LogP contribution in [0.1, 0.15) is 26.7 Å². The molecule has 2 saturated heterocycles. The minimum absolute atomic E-state index is 0.0630. The third kappa shape index (κ3) is 9.54. The van der Waals surface area contributed by atoms with E-state index in [1.54, 1.807) is 7.05 Å². The van der Waals surface area contributed by atoms with Crippen LogP contribution in [0.2, 0.25) is 0 Å². The van der Waals surface area contributed by atoms with Crippen molar-refractivity contribution in [3.05, 3.63) is 35.6 Å². The molecule has 3 aliphatic rings. The van der Waals surface area contributed by atoms with Gasteiger partial charge in [-0.05, 0) is 32.7 Å². The average Bonchev–Trinajstić information content (AvgIpc) is 3.08. The quantitative estimate of drug-likeness (QED) is 0.278. The van der Waals surface area contributed by atoms with Gasteiger partial charge in [-0.2, -0.15) is 0 Å². The first kappa shape index (κ1) is 29.8. The molecule has 9 nitrogen and oxygen atoms in total. The van der Waals surface area contributed by atoms with Crippen molar-refractivity contribution in [1.29, 1.82) is 5.41 Å². The highest BCUT2D eigenvalue weighted by atomic mass is 32.2. The highest BCUT2D eigenvalue weighted by molar-refractivity contribution is 8.13. The summed E-state index contributed by atoms with van der Waals surface area (Å²) >= 11 is 0. The predicted octanol–water partition coefficient (Wildman–Crippen LogP) is 1.07. The minimum Gasteiger partial charge on any atom is -0.395 e. The van der Waals surface area contributed by atoms with Crippen LogP contribution in [0.5, 0.6) is 0 Å². The highest BCUT2D eigenvalue weighted by Crippen LogP contribution is 2.28. The normalized spacial score (nSPS) is 24.7. The second kappa shape index (κ2) is 16.4. The van der Waals surface area contributed by atoms with Gasteiger partial charge in [0.25, 0.3) is 5.91 Å². The van der Waals surface area contributed by atoms with Gasteiger partial charge in [0.1, 0.15) is 0 Å². The highest BCUT2D eigenvalue weighted by Gasteiger charge is 2.30. The number of carbonyl (C=O) groups is 2. The molecule has 3 unspecified atom stereocenters. The van der Waals surface area contributed by atoms with Crippen LogP contribution in [-0.4, -0.2) is 97.6 Å². The largest absolute Gasteiger partial charge is 0.395 e. The van der Waals surface area contributed by atoms with E-state index in [-0.39, 0.29) is 29.7 Å². The summed E-state index contributed by atoms with van der Waals surface area (Å²) in [5.41, 5.74) is 1.60. The van der Waals surface area contributed by atoms with Crippen molar-refractivity contribution in [2.75, 3.05) is 53.4 Å². The number of nitrogens with zero attached hydrogens (tertiary/aromatic N) is 2. The summed E-state index contributed by atoms with van der Waals surface area (Å²) in [4.78, 5) is 28.6. The Kier molecular flexibility index (Phi) is 14.3. The van der Waals surface area contributed by atoms with E-state index in [1.807, 2.05) is 43.1 Å². The van der Waals surface area contributed by atoms with Gasteiger partial charge in [0.15, 0.2) is 0 Å². The molecular weight excluding hydrogens is 452 g/mol. The first-order valence-corrected chi connectivity index (χ1v) is 13.3. The number of aliphatic hydroxyl groups is 1. The second-order valence-corrected chi connectivity index (χ2v) is 9.43. The van der Waals surface area contributed by atoms with Crippen molar-refractivity contribution < 1.29 is 14.7 Å². The number of likely N-dealkylation sites (N-methyl/N-ethyl adjacent to an activating group) is 2. The number of rotatable bonds is 6. The van der Waals surface area contributed by atoms with Crippen LogP contribution in [-0.2, 0) is 9.59 Å². The van der Waals surface area contributed by atoms with Gasteiger partial charge in [-0.25, -0.2) is 0 Å². The molecule has 0 radical (unpaired) electrons. The Hall–Kier alpha value is -2.27.